The Morgan fingerprint density at radius 2 is 1.70 bits per heavy atom. The maximum atomic E-state index is 9.97. The van der Waals surface area contributed by atoms with Crippen molar-refractivity contribution in [1.82, 2.24) is 4.90 Å². The second-order valence-corrected chi connectivity index (χ2v) is 7.00. The van der Waals surface area contributed by atoms with E-state index >= 15 is 0 Å². The number of methoxy groups -OCH3 is 1. The van der Waals surface area contributed by atoms with E-state index in [2.05, 4.69) is 66.4 Å². The van der Waals surface area contributed by atoms with Crippen molar-refractivity contribution in [3.8, 4) is 5.75 Å². The Kier molecular flexibility index (Phi) is 6.86. The van der Waals surface area contributed by atoms with E-state index in [-0.39, 0.29) is 12.5 Å². The van der Waals surface area contributed by atoms with Gasteiger partial charge in [0.15, 0.2) is 0 Å². The summed E-state index contributed by atoms with van der Waals surface area (Å²) >= 11 is 0. The standard InChI is InChI=1S/C24H29NO2/c1-3-25(17-19-7-5-4-6-8-19)14-13-23(18-26)21-9-10-22-16-24(27-2)12-11-20(22)15-21/h4-12,15-16,23,26H,3,13-14,17-18H2,1-2H3. The Hall–Kier alpha value is -2.36. The molecule has 1 unspecified atom stereocenters. The van der Waals surface area contributed by atoms with Crippen molar-refractivity contribution < 1.29 is 9.84 Å². The van der Waals surface area contributed by atoms with Crippen molar-refractivity contribution in [2.45, 2.75) is 25.8 Å². The Morgan fingerprint density at radius 3 is 2.41 bits per heavy atom. The monoisotopic (exact) mass is 363 g/mol. The number of aliphatic hydroxyl groups excluding tert-OH is 1. The summed E-state index contributed by atoms with van der Waals surface area (Å²) in [6.07, 6.45) is 0.943. The summed E-state index contributed by atoms with van der Waals surface area (Å²) in [5.74, 6) is 1.02. The smallest absolute Gasteiger partial charge is 0.119 e. The molecule has 0 spiro atoms. The number of ether oxygens (including phenoxy) is 1. The third-order valence-corrected chi connectivity index (χ3v) is 5.25. The molecule has 1 atom stereocenters. The van der Waals surface area contributed by atoms with Crippen LogP contribution in [-0.2, 0) is 6.54 Å². The average Bonchev–Trinajstić information content (AvgIpc) is 2.73. The van der Waals surface area contributed by atoms with Crippen molar-refractivity contribution in [2.24, 2.45) is 0 Å². The first kappa shape index (κ1) is 19.4. The van der Waals surface area contributed by atoms with Crippen LogP contribution in [0.1, 0.15) is 30.4 Å². The fourth-order valence-corrected chi connectivity index (χ4v) is 3.52. The van der Waals surface area contributed by atoms with Crippen LogP contribution in [0.5, 0.6) is 5.75 Å². The van der Waals surface area contributed by atoms with Crippen molar-refractivity contribution in [3.63, 3.8) is 0 Å². The van der Waals surface area contributed by atoms with Gasteiger partial charge < -0.3 is 9.84 Å². The van der Waals surface area contributed by atoms with Crippen molar-refractivity contribution in [3.05, 3.63) is 77.9 Å². The normalized spacial score (nSPS) is 12.4. The minimum Gasteiger partial charge on any atom is -0.497 e. The van der Waals surface area contributed by atoms with E-state index in [0.717, 1.165) is 37.2 Å². The highest BCUT2D eigenvalue weighted by Crippen LogP contribution is 2.27. The topological polar surface area (TPSA) is 32.7 Å². The Labute approximate surface area is 162 Å². The number of hydrogen-bond acceptors (Lipinski definition) is 3. The molecule has 0 aliphatic carbocycles. The molecule has 0 saturated carbocycles. The van der Waals surface area contributed by atoms with Gasteiger partial charge in [-0.1, -0.05) is 61.5 Å². The highest BCUT2D eigenvalue weighted by molar-refractivity contribution is 5.84. The van der Waals surface area contributed by atoms with E-state index in [4.69, 9.17) is 4.74 Å². The molecule has 0 aliphatic rings. The first-order valence-corrected chi connectivity index (χ1v) is 9.68. The fraction of sp³-hybridized carbons (Fsp3) is 0.333. The minimum atomic E-state index is 0.154. The summed E-state index contributed by atoms with van der Waals surface area (Å²) < 4.78 is 5.30. The first-order chi connectivity index (χ1) is 13.2. The zero-order valence-corrected chi connectivity index (χ0v) is 16.3. The molecule has 3 aromatic rings. The number of aliphatic hydroxyl groups is 1. The molecule has 3 aromatic carbocycles. The van der Waals surface area contributed by atoms with Crippen LogP contribution < -0.4 is 4.74 Å². The lowest BCUT2D eigenvalue weighted by atomic mass is 9.94. The lowest BCUT2D eigenvalue weighted by Crippen LogP contribution is -2.26. The second-order valence-electron chi connectivity index (χ2n) is 7.00. The van der Waals surface area contributed by atoms with Crippen molar-refractivity contribution in [2.75, 3.05) is 26.8 Å². The second kappa shape index (κ2) is 9.54. The molecule has 3 nitrogen and oxygen atoms in total. The lowest BCUT2D eigenvalue weighted by Gasteiger charge is -2.23. The summed E-state index contributed by atoms with van der Waals surface area (Å²) in [6.45, 7) is 5.29. The van der Waals surface area contributed by atoms with Crippen LogP contribution in [0.3, 0.4) is 0 Å². The van der Waals surface area contributed by atoms with E-state index in [1.165, 1.54) is 16.5 Å². The van der Waals surface area contributed by atoms with E-state index in [1.54, 1.807) is 7.11 Å². The van der Waals surface area contributed by atoms with Crippen molar-refractivity contribution in [1.29, 1.82) is 0 Å². The van der Waals surface area contributed by atoms with Gasteiger partial charge in [-0.15, -0.1) is 0 Å². The van der Waals surface area contributed by atoms with Gasteiger partial charge in [0.25, 0.3) is 0 Å². The predicted molar refractivity (Wildman–Crippen MR) is 112 cm³/mol. The zero-order valence-electron chi connectivity index (χ0n) is 16.3. The summed E-state index contributed by atoms with van der Waals surface area (Å²) in [6, 6.07) is 23.1. The van der Waals surface area contributed by atoms with Crippen LogP contribution in [0.15, 0.2) is 66.7 Å². The molecule has 0 bridgehead atoms. The van der Waals surface area contributed by atoms with Gasteiger partial charge in [0.1, 0.15) is 5.75 Å². The summed E-state index contributed by atoms with van der Waals surface area (Å²) in [5, 5.41) is 12.3. The molecule has 142 valence electrons. The Bertz CT molecular complexity index is 847. The van der Waals surface area contributed by atoms with Crippen molar-refractivity contribution >= 4 is 10.8 Å². The molecule has 3 rings (SSSR count). The molecule has 0 amide bonds. The fourth-order valence-electron chi connectivity index (χ4n) is 3.52. The third kappa shape index (κ3) is 5.09. The summed E-state index contributed by atoms with van der Waals surface area (Å²) in [7, 11) is 1.69. The average molecular weight is 364 g/mol. The molecule has 0 heterocycles. The van der Waals surface area contributed by atoms with E-state index < -0.39 is 0 Å². The molecule has 1 N–H and O–H groups in total. The van der Waals surface area contributed by atoms with Crippen LogP contribution in [0.2, 0.25) is 0 Å². The van der Waals surface area contributed by atoms with Crippen LogP contribution in [0.4, 0.5) is 0 Å². The van der Waals surface area contributed by atoms with Gasteiger partial charge in [-0.05, 0) is 53.5 Å². The number of hydrogen-bond donors (Lipinski definition) is 1. The van der Waals surface area contributed by atoms with Gasteiger partial charge in [0.05, 0.1) is 7.11 Å². The van der Waals surface area contributed by atoms with Crippen LogP contribution in [0, 0.1) is 0 Å². The van der Waals surface area contributed by atoms with E-state index in [1.807, 2.05) is 12.1 Å². The van der Waals surface area contributed by atoms with Crippen LogP contribution in [-0.4, -0.2) is 36.8 Å². The van der Waals surface area contributed by atoms with Gasteiger partial charge in [0.2, 0.25) is 0 Å². The lowest BCUT2D eigenvalue weighted by molar-refractivity contribution is 0.224. The van der Waals surface area contributed by atoms with Crippen LogP contribution >= 0.6 is 0 Å². The van der Waals surface area contributed by atoms with Gasteiger partial charge in [0, 0.05) is 19.1 Å². The molecular weight excluding hydrogens is 334 g/mol. The van der Waals surface area contributed by atoms with Gasteiger partial charge in [-0.3, -0.25) is 4.90 Å². The van der Waals surface area contributed by atoms with Crippen LogP contribution in [0.25, 0.3) is 10.8 Å². The quantitative estimate of drug-likeness (QED) is 0.591. The molecule has 27 heavy (non-hydrogen) atoms. The predicted octanol–water partition coefficient (Wildman–Crippen LogP) is 4.84. The SMILES string of the molecule is CCN(CCC(CO)c1ccc2cc(OC)ccc2c1)Cc1ccccc1. The maximum Gasteiger partial charge on any atom is 0.119 e. The first-order valence-electron chi connectivity index (χ1n) is 9.68. The van der Waals surface area contributed by atoms with E-state index in [0.29, 0.717) is 0 Å². The van der Waals surface area contributed by atoms with Gasteiger partial charge in [-0.25, -0.2) is 0 Å². The highest BCUT2D eigenvalue weighted by atomic mass is 16.5. The van der Waals surface area contributed by atoms with Gasteiger partial charge in [-0.2, -0.15) is 0 Å². The Balaban J connectivity index is 1.68. The molecule has 3 heteroatoms. The highest BCUT2D eigenvalue weighted by Gasteiger charge is 2.14. The minimum absolute atomic E-state index is 0.154. The molecule has 0 aromatic heterocycles. The largest absolute Gasteiger partial charge is 0.497 e. The number of nitrogens with zero attached hydrogens (tertiary/aromatic N) is 1. The third-order valence-electron chi connectivity index (χ3n) is 5.25. The Morgan fingerprint density at radius 1 is 0.963 bits per heavy atom. The number of rotatable bonds is 9. The number of benzene rings is 3. The molecule has 0 radical (unpaired) electrons. The summed E-state index contributed by atoms with van der Waals surface area (Å²) in [4.78, 5) is 2.43. The van der Waals surface area contributed by atoms with Gasteiger partial charge >= 0.3 is 0 Å². The van der Waals surface area contributed by atoms with E-state index in [9.17, 15) is 5.11 Å². The zero-order chi connectivity index (χ0) is 19.1. The maximum absolute atomic E-state index is 9.97. The number of fused-ring (bicyclic) bond motifs is 1. The molecule has 0 fully saturated rings. The molecule has 0 aliphatic heterocycles. The summed E-state index contributed by atoms with van der Waals surface area (Å²) in [5.41, 5.74) is 2.53. The molecular formula is C24H29NO2. The molecule has 0 saturated heterocycles.